The first kappa shape index (κ1) is 28.1. The maximum atomic E-state index is 14.6. The van der Waals surface area contributed by atoms with E-state index in [0.717, 1.165) is 0 Å². The monoisotopic (exact) mass is 564 g/mol. The van der Waals surface area contributed by atoms with Crippen LogP contribution in [0.4, 0.5) is 5.69 Å². The summed E-state index contributed by atoms with van der Waals surface area (Å²) in [4.78, 5) is 45.3. The Bertz CT molecular complexity index is 1280. The van der Waals surface area contributed by atoms with E-state index in [1.54, 1.807) is 36.4 Å². The van der Waals surface area contributed by atoms with Crippen molar-refractivity contribution < 1.29 is 29.0 Å². The number of carbonyl (C=O) groups is 3. The van der Waals surface area contributed by atoms with Crippen LogP contribution in [0.3, 0.4) is 0 Å². The molecule has 3 heterocycles. The number of anilines is 1. The number of hydrogen-bond donors (Lipinski definition) is 1. The molecule has 6 atom stereocenters. The molecule has 0 saturated carbocycles. The first-order chi connectivity index (χ1) is 19.4. The fourth-order valence-corrected chi connectivity index (χ4v) is 6.69. The molecule has 1 N–H and O–H groups in total. The van der Waals surface area contributed by atoms with Gasteiger partial charge < -0.3 is 24.4 Å². The number of aliphatic hydroxyl groups is 1. The Kier molecular flexibility index (Phi) is 8.12. The number of nitrogens with zero attached hydrogens (tertiary/aromatic N) is 2. The highest BCUT2D eigenvalue weighted by atomic mass is 35.5. The number of halogens is 1. The highest BCUT2D eigenvalue weighted by Crippen LogP contribution is 2.60. The van der Waals surface area contributed by atoms with Crippen molar-refractivity contribution in [3.05, 3.63) is 90.5 Å². The van der Waals surface area contributed by atoms with Crippen LogP contribution < -0.4 is 4.90 Å². The first-order valence-electron chi connectivity index (χ1n) is 13.5. The number of amides is 2. The zero-order valence-electron chi connectivity index (χ0n) is 22.2. The third-order valence-corrected chi connectivity index (χ3v) is 8.47. The van der Waals surface area contributed by atoms with E-state index in [0.29, 0.717) is 35.5 Å². The molecule has 0 radical (unpaired) electrons. The Morgan fingerprint density at radius 3 is 2.55 bits per heavy atom. The minimum Gasteiger partial charge on any atom is -0.465 e. The molecule has 9 heteroatoms. The molecule has 0 aliphatic carbocycles. The molecule has 1 spiro atoms. The zero-order chi connectivity index (χ0) is 28.4. The number of aliphatic hydroxyl groups excluding tert-OH is 1. The molecule has 3 aliphatic rings. The normalized spacial score (nSPS) is 27.2. The SMILES string of the molecule is C=CCCOC(=O)[C@@H]1[C@H]2C(=O)N([C@H](CO)c3ccccc3)C(C(=O)N(CC=C)c3ccc(Cl)cc3)C23CC[C@H]1O3. The van der Waals surface area contributed by atoms with E-state index in [4.69, 9.17) is 21.1 Å². The lowest BCUT2D eigenvalue weighted by Crippen LogP contribution is -2.57. The van der Waals surface area contributed by atoms with Crippen LogP contribution in [0.5, 0.6) is 0 Å². The molecule has 3 aliphatic heterocycles. The summed E-state index contributed by atoms with van der Waals surface area (Å²) < 4.78 is 12.0. The van der Waals surface area contributed by atoms with Gasteiger partial charge in [-0.2, -0.15) is 0 Å². The molecule has 3 saturated heterocycles. The number of ether oxygens (including phenoxy) is 2. The molecule has 2 amide bonds. The minimum absolute atomic E-state index is 0.151. The molecule has 8 nitrogen and oxygen atoms in total. The third-order valence-electron chi connectivity index (χ3n) is 8.22. The molecular weight excluding hydrogens is 532 g/mol. The van der Waals surface area contributed by atoms with Crippen LogP contribution in [-0.4, -0.2) is 65.3 Å². The van der Waals surface area contributed by atoms with Gasteiger partial charge in [-0.1, -0.05) is 54.1 Å². The molecule has 3 fully saturated rings. The number of fused-ring (bicyclic) bond motifs is 1. The smallest absolute Gasteiger partial charge is 0.312 e. The number of rotatable bonds is 11. The summed E-state index contributed by atoms with van der Waals surface area (Å²) in [5, 5.41) is 11.1. The van der Waals surface area contributed by atoms with E-state index in [9.17, 15) is 19.5 Å². The minimum atomic E-state index is -1.24. The van der Waals surface area contributed by atoms with Crippen molar-refractivity contribution >= 4 is 35.1 Å². The van der Waals surface area contributed by atoms with Crippen molar-refractivity contribution in [3.8, 4) is 0 Å². The third kappa shape index (κ3) is 4.64. The number of benzene rings is 2. The Morgan fingerprint density at radius 2 is 1.90 bits per heavy atom. The number of esters is 1. The molecular formula is C31H33ClN2O6. The van der Waals surface area contributed by atoms with Gasteiger partial charge in [0.2, 0.25) is 5.91 Å². The molecule has 40 heavy (non-hydrogen) atoms. The van der Waals surface area contributed by atoms with Gasteiger partial charge in [-0.3, -0.25) is 14.4 Å². The lowest BCUT2D eigenvalue weighted by atomic mass is 9.70. The van der Waals surface area contributed by atoms with Crippen molar-refractivity contribution in [1.82, 2.24) is 4.90 Å². The summed E-state index contributed by atoms with van der Waals surface area (Å²) in [7, 11) is 0. The van der Waals surface area contributed by atoms with E-state index in [1.807, 2.05) is 30.3 Å². The fraction of sp³-hybridized carbons (Fsp3) is 0.387. The Labute approximate surface area is 238 Å². The largest absolute Gasteiger partial charge is 0.465 e. The quantitative estimate of drug-likeness (QED) is 0.251. The second-order valence-electron chi connectivity index (χ2n) is 10.4. The van der Waals surface area contributed by atoms with Crippen LogP contribution in [0.15, 0.2) is 79.9 Å². The van der Waals surface area contributed by atoms with Gasteiger partial charge in [-0.15, -0.1) is 13.2 Å². The highest BCUT2D eigenvalue weighted by Gasteiger charge is 2.75. The number of likely N-dealkylation sites (tertiary alicyclic amines) is 1. The van der Waals surface area contributed by atoms with Gasteiger partial charge in [0.25, 0.3) is 5.91 Å². The van der Waals surface area contributed by atoms with Crippen molar-refractivity contribution in [2.24, 2.45) is 11.8 Å². The van der Waals surface area contributed by atoms with Crippen molar-refractivity contribution in [2.45, 2.75) is 43.1 Å². The average Bonchev–Trinajstić information content (AvgIpc) is 3.61. The topological polar surface area (TPSA) is 96.4 Å². The average molecular weight is 565 g/mol. The Balaban J connectivity index is 1.60. The van der Waals surface area contributed by atoms with Crippen molar-refractivity contribution in [2.75, 3.05) is 24.7 Å². The number of carbonyl (C=O) groups excluding carboxylic acids is 3. The summed E-state index contributed by atoms with van der Waals surface area (Å²) >= 11 is 6.11. The molecule has 0 aromatic heterocycles. The van der Waals surface area contributed by atoms with E-state index in [1.165, 1.54) is 9.80 Å². The lowest BCUT2D eigenvalue weighted by Gasteiger charge is -2.39. The highest BCUT2D eigenvalue weighted by molar-refractivity contribution is 6.30. The zero-order valence-corrected chi connectivity index (χ0v) is 22.9. The molecule has 2 aromatic carbocycles. The molecule has 2 bridgehead atoms. The van der Waals surface area contributed by atoms with E-state index >= 15 is 0 Å². The summed E-state index contributed by atoms with van der Waals surface area (Å²) in [5.41, 5.74) is 0.0123. The molecule has 210 valence electrons. The second-order valence-corrected chi connectivity index (χ2v) is 10.8. The van der Waals surface area contributed by atoms with Crippen molar-refractivity contribution in [1.29, 1.82) is 0 Å². The molecule has 2 aromatic rings. The van der Waals surface area contributed by atoms with Gasteiger partial charge in [0.05, 0.1) is 37.2 Å². The summed E-state index contributed by atoms with van der Waals surface area (Å²) in [6.45, 7) is 7.40. The van der Waals surface area contributed by atoms with Gasteiger partial charge in [0.1, 0.15) is 11.6 Å². The van der Waals surface area contributed by atoms with Gasteiger partial charge in [0, 0.05) is 17.3 Å². The fourth-order valence-electron chi connectivity index (χ4n) is 6.56. The van der Waals surface area contributed by atoms with Crippen LogP contribution in [-0.2, 0) is 23.9 Å². The van der Waals surface area contributed by atoms with E-state index in [2.05, 4.69) is 13.2 Å². The van der Waals surface area contributed by atoms with Gasteiger partial charge in [-0.05, 0) is 49.1 Å². The van der Waals surface area contributed by atoms with Crippen LogP contribution in [0.1, 0.15) is 30.9 Å². The summed E-state index contributed by atoms with van der Waals surface area (Å²) in [5.74, 6) is -3.05. The van der Waals surface area contributed by atoms with Gasteiger partial charge in [-0.25, -0.2) is 0 Å². The standard InChI is InChI=1S/C31H33ClN2O6/c1-3-5-18-39-30(38)25-24-15-16-31(40-24)26(25)28(36)34(23(19-35)20-9-7-6-8-10-20)27(31)29(37)33(17-4-2)22-13-11-21(32)12-14-22/h3-4,6-14,23-27,35H,1-2,5,15-19H2/t23-,24-,25+,26+,27?,31?/m1/s1. The van der Waals surface area contributed by atoms with Crippen molar-refractivity contribution in [3.63, 3.8) is 0 Å². The number of hydrogen-bond acceptors (Lipinski definition) is 6. The van der Waals surface area contributed by atoms with Gasteiger partial charge >= 0.3 is 5.97 Å². The van der Waals surface area contributed by atoms with Crippen LogP contribution in [0.2, 0.25) is 5.02 Å². The maximum absolute atomic E-state index is 14.6. The Morgan fingerprint density at radius 1 is 1.18 bits per heavy atom. The van der Waals surface area contributed by atoms with E-state index < -0.39 is 54.1 Å². The second kappa shape index (κ2) is 11.6. The molecule has 2 unspecified atom stereocenters. The Hall–Kier alpha value is -3.46. The summed E-state index contributed by atoms with van der Waals surface area (Å²) in [6.07, 6.45) is 4.15. The predicted molar refractivity (Wildman–Crippen MR) is 150 cm³/mol. The van der Waals surface area contributed by atoms with E-state index in [-0.39, 0.29) is 19.1 Å². The predicted octanol–water partition coefficient (Wildman–Crippen LogP) is 4.09. The summed E-state index contributed by atoms with van der Waals surface area (Å²) in [6, 6.07) is 14.0. The van der Waals surface area contributed by atoms with Crippen LogP contribution in [0, 0.1) is 11.8 Å². The maximum Gasteiger partial charge on any atom is 0.312 e. The van der Waals surface area contributed by atoms with Crippen LogP contribution in [0.25, 0.3) is 0 Å². The van der Waals surface area contributed by atoms with Crippen LogP contribution >= 0.6 is 11.6 Å². The first-order valence-corrected chi connectivity index (χ1v) is 13.9. The molecule has 5 rings (SSSR count). The lowest BCUT2D eigenvalue weighted by molar-refractivity contribution is -0.155. The van der Waals surface area contributed by atoms with Gasteiger partial charge in [0.15, 0.2) is 0 Å².